The zero-order valence-corrected chi connectivity index (χ0v) is 15.7. The number of aromatic nitrogens is 4. The monoisotopic (exact) mass is 407 g/mol. The van der Waals surface area contributed by atoms with Crippen molar-refractivity contribution in [2.24, 2.45) is 0 Å². The van der Waals surface area contributed by atoms with Crippen molar-refractivity contribution < 1.29 is 14.7 Å². The van der Waals surface area contributed by atoms with Gasteiger partial charge in [0.1, 0.15) is 6.54 Å². The molecule has 0 aliphatic rings. The quantitative estimate of drug-likeness (QED) is 0.653. The fraction of sp³-hybridized carbons (Fsp3) is 0.176. The third kappa shape index (κ3) is 4.66. The minimum absolute atomic E-state index is 0.122. The van der Waals surface area contributed by atoms with E-state index in [9.17, 15) is 9.59 Å². The molecular weight excluding hydrogens is 393 g/mol. The van der Waals surface area contributed by atoms with Crippen LogP contribution in [-0.4, -0.2) is 36.5 Å². The Kier molecular flexibility index (Phi) is 5.48. The van der Waals surface area contributed by atoms with Gasteiger partial charge in [-0.15, -0.1) is 0 Å². The van der Waals surface area contributed by atoms with Gasteiger partial charge in [-0.25, -0.2) is 4.79 Å². The number of hydrogen-bond donors (Lipinski definition) is 2. The predicted octanol–water partition coefficient (Wildman–Crippen LogP) is 3.08. The molecule has 0 saturated heterocycles. The van der Waals surface area contributed by atoms with Gasteiger partial charge in [0.2, 0.25) is 5.91 Å². The number of halogens is 2. The third-order valence-corrected chi connectivity index (χ3v) is 4.34. The van der Waals surface area contributed by atoms with Gasteiger partial charge in [0.15, 0.2) is 11.5 Å². The van der Waals surface area contributed by atoms with Gasteiger partial charge >= 0.3 is 5.97 Å². The van der Waals surface area contributed by atoms with E-state index in [0.29, 0.717) is 22.4 Å². The smallest absolute Gasteiger partial charge is 0.356 e. The summed E-state index contributed by atoms with van der Waals surface area (Å²) in [6, 6.07) is 8.29. The van der Waals surface area contributed by atoms with Crippen molar-refractivity contribution in [1.82, 2.24) is 19.6 Å². The second-order valence-corrected chi connectivity index (χ2v) is 6.66. The molecule has 3 aromatic rings. The summed E-state index contributed by atoms with van der Waals surface area (Å²) in [5.74, 6) is -1.14. The highest BCUT2D eigenvalue weighted by Crippen LogP contribution is 2.22. The number of carbonyl (C=O) groups is 2. The van der Waals surface area contributed by atoms with Crippen LogP contribution in [0.2, 0.25) is 10.0 Å². The Hall–Kier alpha value is -2.84. The molecule has 10 heteroatoms. The van der Waals surface area contributed by atoms with Crippen molar-refractivity contribution in [1.29, 1.82) is 0 Å². The molecule has 27 heavy (non-hydrogen) atoms. The number of benzene rings is 1. The molecule has 0 aliphatic carbocycles. The van der Waals surface area contributed by atoms with Crippen LogP contribution in [0.25, 0.3) is 0 Å². The molecule has 0 atom stereocenters. The number of carbonyl (C=O) groups excluding carboxylic acids is 1. The Labute approximate surface area is 164 Å². The predicted molar refractivity (Wildman–Crippen MR) is 100 cm³/mol. The number of nitrogens with one attached hydrogen (secondary N) is 1. The summed E-state index contributed by atoms with van der Waals surface area (Å²) in [4.78, 5) is 22.9. The average molecular weight is 408 g/mol. The maximum Gasteiger partial charge on any atom is 0.356 e. The Morgan fingerprint density at radius 1 is 1.19 bits per heavy atom. The normalized spacial score (nSPS) is 10.8. The number of nitrogens with zero attached hydrogens (tertiary/aromatic N) is 4. The molecule has 2 heterocycles. The third-order valence-electron chi connectivity index (χ3n) is 3.75. The Bertz CT molecular complexity index is 1010. The number of aromatic carboxylic acids is 1. The molecule has 0 spiro atoms. The zero-order chi connectivity index (χ0) is 19.6. The van der Waals surface area contributed by atoms with Crippen LogP contribution in [0.1, 0.15) is 21.7 Å². The van der Waals surface area contributed by atoms with Crippen molar-refractivity contribution in [2.45, 2.75) is 20.0 Å². The van der Waals surface area contributed by atoms with Crippen LogP contribution < -0.4 is 5.32 Å². The zero-order valence-electron chi connectivity index (χ0n) is 14.2. The summed E-state index contributed by atoms with van der Waals surface area (Å²) < 4.78 is 2.96. The van der Waals surface area contributed by atoms with Gasteiger partial charge in [0.05, 0.1) is 6.54 Å². The molecule has 140 valence electrons. The van der Waals surface area contributed by atoms with E-state index in [2.05, 4.69) is 15.5 Å². The maximum absolute atomic E-state index is 12.1. The number of rotatable bonds is 6. The highest BCUT2D eigenvalue weighted by Gasteiger charge is 2.12. The lowest BCUT2D eigenvalue weighted by Crippen LogP contribution is -2.20. The lowest BCUT2D eigenvalue weighted by molar-refractivity contribution is -0.116. The molecule has 0 fully saturated rings. The van der Waals surface area contributed by atoms with Gasteiger partial charge in [-0.05, 0) is 30.7 Å². The van der Waals surface area contributed by atoms with E-state index in [-0.39, 0.29) is 18.1 Å². The molecule has 2 N–H and O–H groups in total. The largest absolute Gasteiger partial charge is 0.476 e. The number of carboxylic acids is 1. The molecular formula is C17H15Cl2N5O3. The number of hydrogen-bond acceptors (Lipinski definition) is 4. The van der Waals surface area contributed by atoms with E-state index in [1.165, 1.54) is 16.9 Å². The number of amides is 1. The molecule has 2 aromatic heterocycles. The summed E-state index contributed by atoms with van der Waals surface area (Å²) in [6.45, 7) is 2.17. The molecule has 1 amide bonds. The molecule has 0 radical (unpaired) electrons. The first-order chi connectivity index (χ1) is 12.8. The molecule has 0 aliphatic heterocycles. The first kappa shape index (κ1) is 18.9. The van der Waals surface area contributed by atoms with Crippen molar-refractivity contribution in [3.05, 3.63) is 63.5 Å². The Morgan fingerprint density at radius 3 is 2.63 bits per heavy atom. The summed E-state index contributed by atoms with van der Waals surface area (Å²) >= 11 is 12.1. The van der Waals surface area contributed by atoms with Gasteiger partial charge in [0.25, 0.3) is 0 Å². The van der Waals surface area contributed by atoms with Crippen LogP contribution in [0.4, 0.5) is 5.82 Å². The first-order valence-corrected chi connectivity index (χ1v) is 8.62. The molecule has 0 unspecified atom stereocenters. The molecule has 3 rings (SSSR count). The number of carboxylic acid groups (broad SMARTS) is 1. The number of anilines is 1. The topological polar surface area (TPSA) is 102 Å². The van der Waals surface area contributed by atoms with E-state index in [1.54, 1.807) is 22.9 Å². The van der Waals surface area contributed by atoms with Gasteiger partial charge in [-0.1, -0.05) is 29.3 Å². The van der Waals surface area contributed by atoms with Crippen LogP contribution in [-0.2, 0) is 17.9 Å². The van der Waals surface area contributed by atoms with Gasteiger partial charge < -0.3 is 10.4 Å². The second kappa shape index (κ2) is 7.81. The first-order valence-electron chi connectivity index (χ1n) is 7.87. The highest BCUT2D eigenvalue weighted by atomic mass is 35.5. The summed E-state index contributed by atoms with van der Waals surface area (Å²) in [6.07, 6.45) is 1.43. The van der Waals surface area contributed by atoms with E-state index >= 15 is 0 Å². The standard InChI is InChI=1S/C17H15Cl2N5O3/c1-10-6-15(20-16(25)9-23-5-4-14(21-23)17(26)27)22-24(10)8-11-2-3-12(18)7-13(11)19/h2-7H,8-9H2,1H3,(H,26,27)(H,20,22,25). The van der Waals surface area contributed by atoms with Crippen molar-refractivity contribution in [3.63, 3.8) is 0 Å². The SMILES string of the molecule is Cc1cc(NC(=O)Cn2ccc(C(=O)O)n2)nn1Cc1ccc(Cl)cc1Cl. The molecule has 8 nitrogen and oxygen atoms in total. The van der Waals surface area contributed by atoms with Crippen molar-refractivity contribution in [3.8, 4) is 0 Å². The van der Waals surface area contributed by atoms with Crippen LogP contribution in [0.5, 0.6) is 0 Å². The second-order valence-electron chi connectivity index (χ2n) is 5.82. The summed E-state index contributed by atoms with van der Waals surface area (Å²) in [7, 11) is 0. The summed E-state index contributed by atoms with van der Waals surface area (Å²) in [5.41, 5.74) is 1.56. The van der Waals surface area contributed by atoms with Gasteiger partial charge in [0, 0.05) is 28.0 Å². The van der Waals surface area contributed by atoms with Crippen LogP contribution in [0, 0.1) is 6.92 Å². The maximum atomic E-state index is 12.1. The van der Waals surface area contributed by atoms with E-state index in [0.717, 1.165) is 11.3 Å². The Morgan fingerprint density at radius 2 is 1.96 bits per heavy atom. The highest BCUT2D eigenvalue weighted by molar-refractivity contribution is 6.35. The molecule has 0 bridgehead atoms. The Balaban J connectivity index is 1.66. The lowest BCUT2D eigenvalue weighted by atomic mass is 10.2. The minimum Gasteiger partial charge on any atom is -0.476 e. The number of aryl methyl sites for hydroxylation is 1. The lowest BCUT2D eigenvalue weighted by Gasteiger charge is -2.07. The van der Waals surface area contributed by atoms with Crippen LogP contribution >= 0.6 is 23.2 Å². The van der Waals surface area contributed by atoms with Crippen molar-refractivity contribution in [2.75, 3.05) is 5.32 Å². The van der Waals surface area contributed by atoms with E-state index < -0.39 is 5.97 Å². The molecule has 1 aromatic carbocycles. The minimum atomic E-state index is -1.15. The van der Waals surface area contributed by atoms with E-state index in [1.807, 2.05) is 13.0 Å². The fourth-order valence-electron chi connectivity index (χ4n) is 2.44. The van der Waals surface area contributed by atoms with Crippen LogP contribution in [0.15, 0.2) is 36.5 Å². The average Bonchev–Trinajstić information content (AvgIpc) is 3.17. The van der Waals surface area contributed by atoms with Crippen LogP contribution in [0.3, 0.4) is 0 Å². The van der Waals surface area contributed by atoms with Gasteiger partial charge in [-0.3, -0.25) is 14.2 Å². The fourth-order valence-corrected chi connectivity index (χ4v) is 2.90. The summed E-state index contributed by atoms with van der Waals surface area (Å²) in [5, 5.41) is 20.8. The van der Waals surface area contributed by atoms with Gasteiger partial charge in [-0.2, -0.15) is 10.2 Å². The molecule has 0 saturated carbocycles. The van der Waals surface area contributed by atoms with Crippen molar-refractivity contribution >= 4 is 40.9 Å². The van der Waals surface area contributed by atoms with E-state index in [4.69, 9.17) is 28.3 Å².